The predicted molar refractivity (Wildman–Crippen MR) is 121 cm³/mol. The molecule has 162 valence electrons. The summed E-state index contributed by atoms with van der Waals surface area (Å²) in [5.74, 6) is 0.860. The molecule has 4 rings (SSSR count). The monoisotopic (exact) mass is 438 g/mol. The third-order valence-electron chi connectivity index (χ3n) is 5.86. The maximum absolute atomic E-state index is 9.95. The van der Waals surface area contributed by atoms with Gasteiger partial charge in [0.25, 0.3) is 0 Å². The zero-order chi connectivity index (χ0) is 22.0. The van der Waals surface area contributed by atoms with Crippen LogP contribution in [0, 0.1) is 5.41 Å². The van der Waals surface area contributed by atoms with Crippen LogP contribution in [0.2, 0.25) is 5.02 Å². The molecule has 2 N–H and O–H groups in total. The molecule has 1 atom stereocenters. The van der Waals surface area contributed by atoms with Gasteiger partial charge in [0, 0.05) is 29.1 Å². The van der Waals surface area contributed by atoms with Gasteiger partial charge in [0.05, 0.1) is 5.56 Å². The molecule has 0 saturated heterocycles. The molecule has 1 aromatic heterocycles. The summed E-state index contributed by atoms with van der Waals surface area (Å²) in [5.41, 5.74) is 3.01. The predicted octanol–water partition coefficient (Wildman–Crippen LogP) is 4.74. The number of benzene rings is 2. The molecule has 0 bridgehead atoms. The Morgan fingerprint density at radius 1 is 1.16 bits per heavy atom. The minimum Gasteiger partial charge on any atom is -0.508 e. The van der Waals surface area contributed by atoms with Crippen molar-refractivity contribution >= 4 is 11.6 Å². The Kier molecular flexibility index (Phi) is 6.30. The Labute approximate surface area is 187 Å². The molecule has 0 amide bonds. The van der Waals surface area contributed by atoms with Crippen LogP contribution in [0.15, 0.2) is 48.8 Å². The van der Waals surface area contributed by atoms with E-state index in [1.807, 2.05) is 34.9 Å². The first kappa shape index (κ1) is 21.4. The average Bonchev–Trinajstić information content (AvgIpc) is 2.77. The van der Waals surface area contributed by atoms with E-state index in [2.05, 4.69) is 23.7 Å². The lowest BCUT2D eigenvalue weighted by Gasteiger charge is -2.28. The largest absolute Gasteiger partial charge is 0.508 e. The maximum Gasteiger partial charge on any atom is 0.228 e. The van der Waals surface area contributed by atoms with Crippen molar-refractivity contribution in [1.29, 1.82) is 5.41 Å². The van der Waals surface area contributed by atoms with Crippen LogP contribution in [0.3, 0.4) is 0 Å². The zero-order valence-electron chi connectivity index (χ0n) is 17.8. The van der Waals surface area contributed by atoms with Crippen molar-refractivity contribution < 1.29 is 9.84 Å². The molecule has 7 heteroatoms. The normalized spacial score (nSPS) is 14.8. The van der Waals surface area contributed by atoms with Gasteiger partial charge in [-0.1, -0.05) is 43.6 Å². The first-order valence-electron chi connectivity index (χ1n) is 10.6. The SMILES string of the molecule is CCN(CC)CCCn1cnc2c(c1=N)[C@@H](c1ccc(Cl)cc1)c1ccc(O)cc1O2. The van der Waals surface area contributed by atoms with Gasteiger partial charge in [0.1, 0.15) is 23.3 Å². The standard InChI is InChI=1S/C24H27ClN4O2/c1-3-28(4-2)12-5-13-29-15-27-24-22(23(29)26)21(16-6-8-17(25)9-7-16)19-11-10-18(30)14-20(19)31-24/h6-11,14-15,21,26,30H,3-5,12-13H2,1-2H3/t21-/m0/s1. The molecule has 6 nitrogen and oxygen atoms in total. The van der Waals surface area contributed by atoms with E-state index in [0.717, 1.165) is 42.7 Å². The zero-order valence-corrected chi connectivity index (χ0v) is 18.6. The van der Waals surface area contributed by atoms with E-state index in [1.165, 1.54) is 0 Å². The number of hydrogen-bond acceptors (Lipinski definition) is 5. The molecular weight excluding hydrogens is 412 g/mol. The molecular formula is C24H27ClN4O2. The van der Waals surface area contributed by atoms with Crippen LogP contribution in [-0.2, 0) is 6.54 Å². The van der Waals surface area contributed by atoms with Gasteiger partial charge in [-0.2, -0.15) is 0 Å². The van der Waals surface area contributed by atoms with Crippen LogP contribution in [0.1, 0.15) is 42.9 Å². The van der Waals surface area contributed by atoms with Crippen LogP contribution >= 0.6 is 11.6 Å². The Bertz CT molecular complexity index is 1120. The number of halogens is 1. The van der Waals surface area contributed by atoms with Gasteiger partial charge in [0.2, 0.25) is 5.88 Å². The summed E-state index contributed by atoms with van der Waals surface area (Å²) in [7, 11) is 0. The molecule has 1 aliphatic heterocycles. The molecule has 0 aliphatic carbocycles. The van der Waals surface area contributed by atoms with Crippen molar-refractivity contribution in [2.75, 3.05) is 19.6 Å². The fraction of sp³-hybridized carbons (Fsp3) is 0.333. The number of aromatic nitrogens is 2. The van der Waals surface area contributed by atoms with Crippen molar-refractivity contribution in [3.8, 4) is 17.4 Å². The smallest absolute Gasteiger partial charge is 0.228 e. The second-order valence-electron chi connectivity index (χ2n) is 7.69. The van der Waals surface area contributed by atoms with Crippen LogP contribution < -0.4 is 10.2 Å². The fourth-order valence-electron chi connectivity index (χ4n) is 4.13. The number of aromatic hydroxyl groups is 1. The number of nitrogens with one attached hydrogen (secondary N) is 1. The van der Waals surface area contributed by atoms with E-state index in [1.54, 1.807) is 18.5 Å². The van der Waals surface area contributed by atoms with E-state index in [0.29, 0.717) is 28.7 Å². The van der Waals surface area contributed by atoms with Crippen molar-refractivity contribution in [2.24, 2.45) is 0 Å². The topological polar surface area (TPSA) is 74.4 Å². The van der Waals surface area contributed by atoms with E-state index in [4.69, 9.17) is 21.7 Å². The number of phenols is 1. The summed E-state index contributed by atoms with van der Waals surface area (Å²) in [5, 5.41) is 19.6. The molecule has 2 heterocycles. The molecule has 0 saturated carbocycles. The summed E-state index contributed by atoms with van der Waals surface area (Å²) < 4.78 is 7.90. The molecule has 31 heavy (non-hydrogen) atoms. The Hall–Kier alpha value is -2.83. The summed E-state index contributed by atoms with van der Waals surface area (Å²) in [6.07, 6.45) is 2.62. The first-order chi connectivity index (χ1) is 15.0. The minimum absolute atomic E-state index is 0.130. The van der Waals surface area contributed by atoms with Crippen molar-refractivity contribution in [2.45, 2.75) is 32.7 Å². The molecule has 0 fully saturated rings. The van der Waals surface area contributed by atoms with E-state index in [-0.39, 0.29) is 11.7 Å². The summed E-state index contributed by atoms with van der Waals surface area (Å²) in [4.78, 5) is 6.91. The van der Waals surface area contributed by atoms with E-state index >= 15 is 0 Å². The second kappa shape index (κ2) is 9.12. The highest BCUT2D eigenvalue weighted by Gasteiger charge is 2.32. The lowest BCUT2D eigenvalue weighted by atomic mass is 9.84. The van der Waals surface area contributed by atoms with Gasteiger partial charge in [-0.3, -0.25) is 5.41 Å². The van der Waals surface area contributed by atoms with Crippen LogP contribution in [-0.4, -0.2) is 39.2 Å². The van der Waals surface area contributed by atoms with E-state index < -0.39 is 0 Å². The Morgan fingerprint density at radius 2 is 1.90 bits per heavy atom. The lowest BCUT2D eigenvalue weighted by Crippen LogP contribution is -2.31. The minimum atomic E-state index is -0.230. The number of rotatable bonds is 7. The second-order valence-corrected chi connectivity index (χ2v) is 8.13. The fourth-order valence-corrected chi connectivity index (χ4v) is 4.26. The van der Waals surface area contributed by atoms with Gasteiger partial charge in [-0.15, -0.1) is 0 Å². The molecule has 1 aliphatic rings. The summed E-state index contributed by atoms with van der Waals surface area (Å²) in [6, 6.07) is 12.7. The molecule has 0 spiro atoms. The van der Waals surface area contributed by atoms with Gasteiger partial charge >= 0.3 is 0 Å². The quantitative estimate of drug-likeness (QED) is 0.437. The number of hydrogen-bond donors (Lipinski definition) is 2. The lowest BCUT2D eigenvalue weighted by molar-refractivity contribution is 0.291. The van der Waals surface area contributed by atoms with Crippen molar-refractivity contribution in [3.63, 3.8) is 0 Å². The van der Waals surface area contributed by atoms with Gasteiger partial charge in [-0.25, -0.2) is 4.98 Å². The van der Waals surface area contributed by atoms with Crippen LogP contribution in [0.4, 0.5) is 0 Å². The molecule has 2 aromatic carbocycles. The molecule has 0 unspecified atom stereocenters. The third kappa shape index (κ3) is 4.31. The molecule has 3 aromatic rings. The average molecular weight is 439 g/mol. The van der Waals surface area contributed by atoms with Gasteiger partial charge in [0.15, 0.2) is 0 Å². The van der Waals surface area contributed by atoms with Crippen molar-refractivity contribution in [1.82, 2.24) is 14.5 Å². The van der Waals surface area contributed by atoms with E-state index in [9.17, 15) is 5.11 Å². The summed E-state index contributed by atoms with van der Waals surface area (Å²) >= 11 is 6.12. The van der Waals surface area contributed by atoms with Gasteiger partial charge < -0.3 is 19.3 Å². The number of fused-ring (bicyclic) bond motifs is 2. The number of ether oxygens (including phenoxy) is 1. The van der Waals surface area contributed by atoms with Crippen molar-refractivity contribution in [3.05, 3.63) is 76.0 Å². The molecule has 0 radical (unpaired) electrons. The number of nitrogens with zero attached hydrogens (tertiary/aromatic N) is 3. The van der Waals surface area contributed by atoms with Crippen LogP contribution in [0.5, 0.6) is 17.4 Å². The Balaban J connectivity index is 1.75. The highest BCUT2D eigenvalue weighted by atomic mass is 35.5. The number of aryl methyl sites for hydroxylation is 1. The third-order valence-corrected chi connectivity index (χ3v) is 6.11. The number of phenolic OH excluding ortho intramolecular Hbond substituents is 1. The maximum atomic E-state index is 9.95. The highest BCUT2D eigenvalue weighted by molar-refractivity contribution is 6.30. The highest BCUT2D eigenvalue weighted by Crippen LogP contribution is 2.46. The van der Waals surface area contributed by atoms with Gasteiger partial charge in [-0.05, 0) is 49.8 Å². The van der Waals surface area contributed by atoms with Crippen LogP contribution in [0.25, 0.3) is 0 Å². The first-order valence-corrected chi connectivity index (χ1v) is 11.0. The Morgan fingerprint density at radius 3 is 2.61 bits per heavy atom. The summed E-state index contributed by atoms with van der Waals surface area (Å²) in [6.45, 7) is 8.06.